The number of nitrogens with zero attached hydrogens (tertiary/aromatic N) is 4. The summed E-state index contributed by atoms with van der Waals surface area (Å²) in [6, 6.07) is 7.62. The maximum atomic E-state index is 13.8. The van der Waals surface area contributed by atoms with Crippen LogP contribution >= 0.6 is 12.4 Å². The van der Waals surface area contributed by atoms with E-state index in [1.807, 2.05) is 0 Å². The number of aromatic nitrogens is 3. The van der Waals surface area contributed by atoms with E-state index in [1.165, 1.54) is 12.1 Å². The molecule has 0 N–H and O–H groups in total. The lowest BCUT2D eigenvalue weighted by molar-refractivity contribution is -0.143. The molecule has 2 saturated heterocycles. The highest BCUT2D eigenvalue weighted by atomic mass is 35.5. The molecular weight excluding hydrogens is 553 g/mol. The number of benzene rings is 2. The summed E-state index contributed by atoms with van der Waals surface area (Å²) in [5.41, 5.74) is -3.00. The zero-order valence-electron chi connectivity index (χ0n) is 20.8. The molecule has 0 saturated carbocycles. The lowest BCUT2D eigenvalue weighted by Crippen LogP contribution is -2.56. The van der Waals surface area contributed by atoms with Gasteiger partial charge in [-0.2, -0.15) is 31.4 Å². The molecule has 0 amide bonds. The van der Waals surface area contributed by atoms with Gasteiger partial charge in [-0.15, -0.1) is 12.4 Å². The molecule has 2 aromatic carbocycles. The number of fused-ring (bicyclic) bond motifs is 2. The fourth-order valence-corrected chi connectivity index (χ4v) is 5.87. The summed E-state index contributed by atoms with van der Waals surface area (Å²) in [5, 5.41) is 4.37. The summed E-state index contributed by atoms with van der Waals surface area (Å²) < 4.78 is 102. The molecule has 0 radical (unpaired) electrons. The highest BCUT2D eigenvalue weighted by Gasteiger charge is 2.56. The molecule has 5 nitrogen and oxygen atoms in total. The molecule has 3 atom stereocenters. The van der Waals surface area contributed by atoms with Gasteiger partial charge in [0.2, 0.25) is 0 Å². The van der Waals surface area contributed by atoms with Crippen LogP contribution in [0.3, 0.4) is 0 Å². The van der Waals surface area contributed by atoms with Crippen LogP contribution in [0.5, 0.6) is 0 Å². The zero-order valence-corrected chi connectivity index (χ0v) is 21.6. The molecule has 212 valence electrons. The van der Waals surface area contributed by atoms with Crippen molar-refractivity contribution in [3.63, 3.8) is 0 Å². The van der Waals surface area contributed by atoms with Gasteiger partial charge in [-0.1, -0.05) is 12.1 Å². The smallest absolute Gasteiger partial charge is 0.371 e. The van der Waals surface area contributed by atoms with Crippen LogP contribution in [0.15, 0.2) is 48.8 Å². The molecule has 2 aliphatic heterocycles. The number of rotatable bonds is 6. The molecule has 2 aliphatic rings. The number of piperidine rings is 1. The van der Waals surface area contributed by atoms with E-state index in [4.69, 9.17) is 4.74 Å². The van der Waals surface area contributed by atoms with E-state index in [9.17, 15) is 30.7 Å². The number of ether oxygens (including phenoxy) is 1. The lowest BCUT2D eigenvalue weighted by Gasteiger charge is -2.49. The Labute approximate surface area is 226 Å². The van der Waals surface area contributed by atoms with Crippen molar-refractivity contribution < 1.29 is 35.5 Å². The average molecular weight is 579 g/mol. The second kappa shape index (κ2) is 10.7. The monoisotopic (exact) mass is 578 g/mol. The summed E-state index contributed by atoms with van der Waals surface area (Å²) in [6.07, 6.45) is -6.20. The Balaban J connectivity index is 0.00000353. The third-order valence-electron chi connectivity index (χ3n) is 7.51. The second-order valence-electron chi connectivity index (χ2n) is 9.88. The predicted molar refractivity (Wildman–Crippen MR) is 129 cm³/mol. The molecular formula is C26H26ClF7N4O. The minimum atomic E-state index is -4.94. The first-order chi connectivity index (χ1) is 17.9. The van der Waals surface area contributed by atoms with Gasteiger partial charge in [0.15, 0.2) is 5.82 Å². The third-order valence-corrected chi connectivity index (χ3v) is 7.51. The van der Waals surface area contributed by atoms with Crippen molar-refractivity contribution in [2.45, 2.75) is 68.9 Å². The summed E-state index contributed by atoms with van der Waals surface area (Å²) in [6.45, 7) is -0.0779. The molecule has 5 rings (SSSR count). The highest BCUT2D eigenvalue weighted by molar-refractivity contribution is 5.85. The summed E-state index contributed by atoms with van der Waals surface area (Å²) in [7, 11) is 1.74. The van der Waals surface area contributed by atoms with Crippen molar-refractivity contribution in [3.8, 4) is 0 Å². The summed E-state index contributed by atoms with van der Waals surface area (Å²) in [5.74, 6) is 0.147. The van der Waals surface area contributed by atoms with E-state index in [0.29, 0.717) is 37.3 Å². The Bertz CT molecular complexity index is 1260. The van der Waals surface area contributed by atoms with Crippen molar-refractivity contribution in [3.05, 3.63) is 82.7 Å². The van der Waals surface area contributed by atoms with E-state index in [0.717, 1.165) is 18.4 Å². The summed E-state index contributed by atoms with van der Waals surface area (Å²) in [4.78, 5) is 6.52. The first-order valence-electron chi connectivity index (χ1n) is 12.1. The molecule has 2 bridgehead atoms. The number of hydrogen-bond acceptors (Lipinski definition) is 4. The van der Waals surface area contributed by atoms with Crippen molar-refractivity contribution in [1.29, 1.82) is 0 Å². The van der Waals surface area contributed by atoms with E-state index in [-0.39, 0.29) is 30.1 Å². The highest BCUT2D eigenvalue weighted by Crippen LogP contribution is 2.52. The van der Waals surface area contributed by atoms with Crippen LogP contribution in [0.25, 0.3) is 0 Å². The molecule has 3 heterocycles. The Kier molecular flexibility index (Phi) is 8.04. The molecule has 3 unspecified atom stereocenters. The van der Waals surface area contributed by atoms with E-state index < -0.39 is 47.5 Å². The van der Waals surface area contributed by atoms with Gasteiger partial charge in [-0.05, 0) is 67.1 Å². The van der Waals surface area contributed by atoms with Crippen LogP contribution in [0, 0.1) is 5.82 Å². The number of aryl methyl sites for hydroxylation is 1. The second-order valence-corrected chi connectivity index (χ2v) is 9.88. The van der Waals surface area contributed by atoms with Crippen molar-refractivity contribution in [2.75, 3.05) is 0 Å². The molecule has 3 aromatic rings. The molecule has 1 aromatic heterocycles. The average Bonchev–Trinajstić information content (AvgIpc) is 3.36. The largest absolute Gasteiger partial charge is 0.416 e. The predicted octanol–water partition coefficient (Wildman–Crippen LogP) is 6.65. The van der Waals surface area contributed by atoms with Crippen LogP contribution in [0.2, 0.25) is 0 Å². The Morgan fingerprint density at radius 2 is 1.59 bits per heavy atom. The zero-order chi connectivity index (χ0) is 27.3. The van der Waals surface area contributed by atoms with Gasteiger partial charge >= 0.3 is 12.4 Å². The van der Waals surface area contributed by atoms with E-state index >= 15 is 0 Å². The van der Waals surface area contributed by atoms with Crippen molar-refractivity contribution >= 4 is 12.4 Å². The minimum Gasteiger partial charge on any atom is -0.371 e. The summed E-state index contributed by atoms with van der Waals surface area (Å²) >= 11 is 0. The van der Waals surface area contributed by atoms with Crippen LogP contribution in [-0.2, 0) is 42.8 Å². The maximum absolute atomic E-state index is 13.8. The molecule has 0 spiro atoms. The topological polar surface area (TPSA) is 43.2 Å². The fourth-order valence-electron chi connectivity index (χ4n) is 5.87. The fraction of sp³-hybridized carbons (Fsp3) is 0.462. The van der Waals surface area contributed by atoms with Crippen LogP contribution in [-0.4, -0.2) is 31.8 Å². The molecule has 2 fully saturated rings. The third kappa shape index (κ3) is 5.78. The van der Waals surface area contributed by atoms with Gasteiger partial charge in [-0.25, -0.2) is 9.37 Å². The number of hydrogen-bond donors (Lipinski definition) is 0. The maximum Gasteiger partial charge on any atom is 0.416 e. The minimum absolute atomic E-state index is 0. The van der Waals surface area contributed by atoms with Gasteiger partial charge in [-0.3, -0.25) is 9.58 Å². The van der Waals surface area contributed by atoms with Gasteiger partial charge in [0.05, 0.1) is 35.9 Å². The van der Waals surface area contributed by atoms with Crippen molar-refractivity contribution in [1.82, 2.24) is 19.7 Å². The van der Waals surface area contributed by atoms with Crippen LogP contribution in [0.4, 0.5) is 30.7 Å². The Morgan fingerprint density at radius 3 is 2.15 bits per heavy atom. The van der Waals surface area contributed by atoms with Crippen LogP contribution in [0.1, 0.15) is 53.8 Å². The SMILES string of the molecule is Cl.Cn1cnc(CN2C3CCC(OCc4cc(C(F)(F)F)cc(C(F)(F)F)c4)C2(c2ccc(F)cc2)CC3)n1. The molecule has 39 heavy (non-hydrogen) atoms. The van der Waals surface area contributed by atoms with Gasteiger partial charge in [0.1, 0.15) is 12.1 Å². The van der Waals surface area contributed by atoms with Gasteiger partial charge in [0, 0.05) is 13.1 Å². The van der Waals surface area contributed by atoms with E-state index in [1.54, 1.807) is 30.2 Å². The normalized spacial score (nSPS) is 23.6. The quantitative estimate of drug-likeness (QED) is 0.307. The molecule has 0 aliphatic carbocycles. The van der Waals surface area contributed by atoms with E-state index in [2.05, 4.69) is 15.0 Å². The number of halogens is 8. The first-order valence-corrected chi connectivity index (χ1v) is 12.1. The van der Waals surface area contributed by atoms with Crippen molar-refractivity contribution in [2.24, 2.45) is 7.05 Å². The van der Waals surface area contributed by atoms with Crippen LogP contribution < -0.4 is 0 Å². The first kappa shape index (κ1) is 29.3. The molecule has 13 heteroatoms. The Morgan fingerprint density at radius 1 is 0.949 bits per heavy atom. The Hall–Kier alpha value is -2.70. The standard InChI is InChI=1S/C26H25F7N4O.ClH/c1-36-15-34-23(35-36)13-37-21-6-7-22(24(37,9-8-21)17-2-4-20(27)5-3-17)38-14-16-10-18(25(28,29)30)12-19(11-16)26(31,32)33;/h2-5,10-12,15,21-22H,6-9,13-14H2,1H3;1H. The van der Waals surface area contributed by atoms with Gasteiger partial charge in [0.25, 0.3) is 0 Å². The number of alkyl halides is 6. The lowest BCUT2D eigenvalue weighted by atomic mass is 9.78. The van der Waals surface area contributed by atoms with Gasteiger partial charge < -0.3 is 4.74 Å².